The third-order valence-electron chi connectivity index (χ3n) is 4.16. The number of benzene rings is 1. The van der Waals surface area contributed by atoms with E-state index < -0.39 is 0 Å². The maximum Gasteiger partial charge on any atom is 0.353 e. The topological polar surface area (TPSA) is 44.1 Å². The molecular formula is C18H20N2O2S. The van der Waals surface area contributed by atoms with Gasteiger partial charge in [-0.25, -0.2) is 4.79 Å². The number of hydrogen-bond donors (Lipinski definition) is 0. The summed E-state index contributed by atoms with van der Waals surface area (Å²) in [7, 11) is 1.89. The van der Waals surface area contributed by atoms with E-state index in [0.29, 0.717) is 16.5 Å². The fourth-order valence-corrected chi connectivity index (χ4v) is 3.66. The van der Waals surface area contributed by atoms with Crippen molar-refractivity contribution < 1.29 is 9.53 Å². The van der Waals surface area contributed by atoms with Crippen molar-refractivity contribution in [2.75, 3.05) is 0 Å². The van der Waals surface area contributed by atoms with Gasteiger partial charge in [0.15, 0.2) is 0 Å². The number of nitrogens with zero attached hydrogens (tertiary/aromatic N) is 2. The van der Waals surface area contributed by atoms with Crippen molar-refractivity contribution in [3.63, 3.8) is 0 Å². The zero-order valence-corrected chi connectivity index (χ0v) is 14.6. The first kappa shape index (κ1) is 15.7. The van der Waals surface area contributed by atoms with E-state index in [4.69, 9.17) is 4.74 Å². The Balaban J connectivity index is 1.90. The summed E-state index contributed by atoms with van der Waals surface area (Å²) in [6, 6.07) is 9.63. The van der Waals surface area contributed by atoms with Gasteiger partial charge in [-0.3, -0.25) is 4.68 Å². The fraction of sp³-hybridized carbons (Fsp3) is 0.333. The lowest BCUT2D eigenvalue weighted by Crippen LogP contribution is -2.09. The smallest absolute Gasteiger partial charge is 0.353 e. The Bertz CT molecular complexity index is 829. The molecule has 23 heavy (non-hydrogen) atoms. The molecule has 3 rings (SSSR count). The Kier molecular flexibility index (Phi) is 4.22. The molecule has 4 nitrogen and oxygen atoms in total. The van der Waals surface area contributed by atoms with Crippen LogP contribution in [0.25, 0.3) is 10.2 Å². The normalized spacial score (nSPS) is 12.5. The minimum Gasteiger partial charge on any atom is -0.422 e. The Hall–Kier alpha value is -2.14. The Morgan fingerprint density at radius 3 is 2.83 bits per heavy atom. The van der Waals surface area contributed by atoms with Crippen LogP contribution < -0.4 is 4.74 Å². The lowest BCUT2D eigenvalue weighted by atomic mass is 9.98. The van der Waals surface area contributed by atoms with Crippen molar-refractivity contribution in [3.05, 3.63) is 46.5 Å². The van der Waals surface area contributed by atoms with Crippen LogP contribution in [0.2, 0.25) is 0 Å². The van der Waals surface area contributed by atoms with Crippen LogP contribution in [0.3, 0.4) is 0 Å². The molecule has 5 heteroatoms. The van der Waals surface area contributed by atoms with Crippen LogP contribution in [0.4, 0.5) is 0 Å². The van der Waals surface area contributed by atoms with Gasteiger partial charge < -0.3 is 4.74 Å². The number of hydrogen-bond acceptors (Lipinski definition) is 4. The summed E-state index contributed by atoms with van der Waals surface area (Å²) in [5, 5.41) is 5.37. The van der Waals surface area contributed by atoms with Crippen LogP contribution in [-0.2, 0) is 7.05 Å². The number of carbonyl (C=O) groups is 1. The average Bonchev–Trinajstić information content (AvgIpc) is 3.09. The maximum absolute atomic E-state index is 12.5. The van der Waals surface area contributed by atoms with Crippen LogP contribution in [0.5, 0.6) is 5.75 Å². The first-order chi connectivity index (χ1) is 11.0. The van der Waals surface area contributed by atoms with Crippen molar-refractivity contribution in [1.29, 1.82) is 0 Å². The molecule has 0 saturated heterocycles. The summed E-state index contributed by atoms with van der Waals surface area (Å²) in [5.41, 5.74) is 2.00. The van der Waals surface area contributed by atoms with Crippen LogP contribution in [0.1, 0.15) is 47.1 Å². The Morgan fingerprint density at radius 1 is 1.39 bits per heavy atom. The molecule has 0 aliphatic heterocycles. The first-order valence-electron chi connectivity index (χ1n) is 7.75. The van der Waals surface area contributed by atoms with Gasteiger partial charge in [-0.15, -0.1) is 11.3 Å². The van der Waals surface area contributed by atoms with Crippen molar-refractivity contribution >= 4 is 27.5 Å². The van der Waals surface area contributed by atoms with E-state index >= 15 is 0 Å². The van der Waals surface area contributed by atoms with E-state index in [1.54, 1.807) is 4.68 Å². The van der Waals surface area contributed by atoms with Gasteiger partial charge in [-0.05, 0) is 37.0 Å². The monoisotopic (exact) mass is 328 g/mol. The molecule has 120 valence electrons. The molecule has 0 bridgehead atoms. The van der Waals surface area contributed by atoms with Crippen LogP contribution in [0, 0.1) is 6.92 Å². The zero-order chi connectivity index (χ0) is 16.6. The highest BCUT2D eigenvalue weighted by Gasteiger charge is 2.18. The van der Waals surface area contributed by atoms with E-state index in [1.165, 1.54) is 11.3 Å². The second-order valence-corrected chi connectivity index (χ2v) is 6.81. The van der Waals surface area contributed by atoms with Gasteiger partial charge in [0.25, 0.3) is 0 Å². The molecule has 0 N–H and O–H groups in total. The molecule has 1 atom stereocenters. The Morgan fingerprint density at radius 2 is 2.13 bits per heavy atom. The fourth-order valence-electron chi connectivity index (χ4n) is 2.66. The summed E-state index contributed by atoms with van der Waals surface area (Å²) in [6.07, 6.45) is 1.00. The van der Waals surface area contributed by atoms with E-state index in [9.17, 15) is 4.79 Å². The summed E-state index contributed by atoms with van der Waals surface area (Å²) >= 11 is 1.42. The third-order valence-corrected chi connectivity index (χ3v) is 5.34. The molecular weight excluding hydrogens is 308 g/mol. The lowest BCUT2D eigenvalue weighted by molar-refractivity contribution is 0.0738. The van der Waals surface area contributed by atoms with Crippen molar-refractivity contribution in [2.24, 2.45) is 7.05 Å². The highest BCUT2D eigenvalue weighted by atomic mass is 32.1. The molecule has 0 aliphatic rings. The molecule has 0 radical (unpaired) electrons. The number of aromatic nitrogens is 2. The molecule has 0 aliphatic carbocycles. The number of aryl methyl sites for hydroxylation is 2. The molecule has 0 saturated carbocycles. The molecule has 3 aromatic rings. The number of fused-ring (bicyclic) bond motifs is 1. The number of rotatable bonds is 4. The Labute approximate surface area is 139 Å². The maximum atomic E-state index is 12.5. The summed E-state index contributed by atoms with van der Waals surface area (Å²) < 4.78 is 7.48. The van der Waals surface area contributed by atoms with Gasteiger partial charge in [0.05, 0.1) is 5.69 Å². The second kappa shape index (κ2) is 6.16. The third kappa shape index (κ3) is 2.88. The standard InChI is InChI=1S/C18H20N2O2S/c1-5-11(2)13-8-6-7-9-15(13)22-18(21)16-10-14-12(3)19-20(4)17(14)23-16/h6-11H,5H2,1-4H3. The van der Waals surface area contributed by atoms with Gasteiger partial charge in [0.1, 0.15) is 15.5 Å². The lowest BCUT2D eigenvalue weighted by Gasteiger charge is -2.14. The minimum atomic E-state index is -0.304. The first-order valence-corrected chi connectivity index (χ1v) is 8.57. The van der Waals surface area contributed by atoms with Gasteiger partial charge in [-0.1, -0.05) is 32.0 Å². The number of ether oxygens (including phenoxy) is 1. The highest BCUT2D eigenvalue weighted by molar-refractivity contribution is 7.20. The molecule has 0 amide bonds. The highest BCUT2D eigenvalue weighted by Crippen LogP contribution is 2.31. The molecule has 2 aromatic heterocycles. The van der Waals surface area contributed by atoms with Crippen LogP contribution >= 0.6 is 11.3 Å². The molecule has 0 spiro atoms. The van der Waals surface area contributed by atoms with Gasteiger partial charge in [-0.2, -0.15) is 5.10 Å². The summed E-state index contributed by atoms with van der Waals surface area (Å²) in [4.78, 5) is 14.1. The van der Waals surface area contributed by atoms with Crippen molar-refractivity contribution in [1.82, 2.24) is 9.78 Å². The van der Waals surface area contributed by atoms with Gasteiger partial charge in [0, 0.05) is 12.4 Å². The quantitative estimate of drug-likeness (QED) is 0.516. The van der Waals surface area contributed by atoms with Crippen molar-refractivity contribution in [2.45, 2.75) is 33.1 Å². The molecule has 1 aromatic carbocycles. The minimum absolute atomic E-state index is 0.304. The second-order valence-electron chi connectivity index (χ2n) is 5.78. The van der Waals surface area contributed by atoms with E-state index in [2.05, 4.69) is 18.9 Å². The number of carbonyl (C=O) groups excluding carboxylic acids is 1. The zero-order valence-electron chi connectivity index (χ0n) is 13.8. The van der Waals surface area contributed by atoms with Crippen molar-refractivity contribution in [3.8, 4) is 5.75 Å². The number of para-hydroxylation sites is 1. The predicted octanol–water partition coefficient (Wildman–Crippen LogP) is 4.68. The molecule has 1 unspecified atom stereocenters. The van der Waals surface area contributed by atoms with E-state index in [0.717, 1.165) is 27.9 Å². The average molecular weight is 328 g/mol. The SMILES string of the molecule is CCC(C)c1ccccc1OC(=O)c1cc2c(C)nn(C)c2s1. The number of thiophene rings is 1. The molecule has 2 heterocycles. The summed E-state index contributed by atoms with van der Waals surface area (Å²) in [5.74, 6) is 0.702. The van der Waals surface area contributed by atoms with E-state index in [-0.39, 0.29) is 5.97 Å². The largest absolute Gasteiger partial charge is 0.422 e. The van der Waals surface area contributed by atoms with E-state index in [1.807, 2.05) is 44.3 Å². The van der Waals surface area contributed by atoms with Crippen LogP contribution in [-0.4, -0.2) is 15.7 Å². The summed E-state index contributed by atoms with van der Waals surface area (Å²) in [6.45, 7) is 6.22. The van der Waals surface area contributed by atoms with Crippen LogP contribution in [0.15, 0.2) is 30.3 Å². The predicted molar refractivity (Wildman–Crippen MR) is 93.4 cm³/mol. The molecule has 0 fully saturated rings. The van der Waals surface area contributed by atoms with Gasteiger partial charge in [0.2, 0.25) is 0 Å². The van der Waals surface area contributed by atoms with Gasteiger partial charge >= 0.3 is 5.97 Å². The number of esters is 1.